The number of nitro benzene ring substituents is 1. The van der Waals surface area contributed by atoms with Crippen molar-refractivity contribution in [1.29, 1.82) is 0 Å². The normalized spacial score (nSPS) is 10.6. The van der Waals surface area contributed by atoms with Crippen molar-refractivity contribution in [3.05, 3.63) is 51.1 Å². The molecule has 0 aliphatic carbocycles. The van der Waals surface area contributed by atoms with Crippen molar-refractivity contribution >= 4 is 11.4 Å². The highest BCUT2D eigenvalue weighted by molar-refractivity contribution is 5.63. The lowest BCUT2D eigenvalue weighted by Crippen LogP contribution is -2.18. The van der Waals surface area contributed by atoms with Crippen LogP contribution in [-0.4, -0.2) is 17.1 Å². The maximum Gasteiger partial charge on any atom is 0.292 e. The number of hydrogen-bond donors (Lipinski definition) is 0. The highest BCUT2D eigenvalue weighted by atomic mass is 19.1. The molecule has 7 heteroatoms. The fourth-order valence-corrected chi connectivity index (χ4v) is 2.01. The molecule has 0 fully saturated rings. The van der Waals surface area contributed by atoms with Crippen molar-refractivity contribution in [1.82, 2.24) is 5.16 Å². The molecule has 0 saturated heterocycles. The monoisotopic (exact) mass is 279 g/mol. The standard InChI is InChI=1S/C13H14FN3O3/c1-8-11(9(2)20-15-8)7-16(3)13-6-10(14)4-5-12(13)17(18)19/h4-6H,7H2,1-3H3. The first-order valence-corrected chi connectivity index (χ1v) is 5.97. The van der Waals surface area contributed by atoms with Crippen LogP contribution in [-0.2, 0) is 6.54 Å². The van der Waals surface area contributed by atoms with Gasteiger partial charge in [0.15, 0.2) is 0 Å². The Morgan fingerprint density at radius 2 is 2.15 bits per heavy atom. The largest absolute Gasteiger partial charge is 0.364 e. The van der Waals surface area contributed by atoms with Crippen LogP contribution in [0.25, 0.3) is 0 Å². The first kappa shape index (κ1) is 14.0. The molecule has 0 aliphatic rings. The molecule has 1 aromatic heterocycles. The van der Waals surface area contributed by atoms with Gasteiger partial charge in [-0.2, -0.15) is 0 Å². The average Bonchev–Trinajstić information content (AvgIpc) is 2.70. The lowest BCUT2D eigenvalue weighted by atomic mass is 10.1. The minimum Gasteiger partial charge on any atom is -0.364 e. The second kappa shape index (κ2) is 5.28. The summed E-state index contributed by atoms with van der Waals surface area (Å²) in [5, 5.41) is 14.8. The molecule has 106 valence electrons. The van der Waals surface area contributed by atoms with E-state index in [0.29, 0.717) is 18.0 Å². The molecule has 0 radical (unpaired) electrons. The van der Waals surface area contributed by atoms with E-state index in [1.54, 1.807) is 25.8 Å². The van der Waals surface area contributed by atoms with Gasteiger partial charge in [-0.25, -0.2) is 4.39 Å². The molecule has 0 N–H and O–H groups in total. The van der Waals surface area contributed by atoms with Gasteiger partial charge in [-0.1, -0.05) is 5.16 Å². The Balaban J connectivity index is 2.36. The zero-order valence-corrected chi connectivity index (χ0v) is 11.4. The van der Waals surface area contributed by atoms with Gasteiger partial charge >= 0.3 is 0 Å². The maximum atomic E-state index is 13.3. The summed E-state index contributed by atoms with van der Waals surface area (Å²) in [5.74, 6) is 0.129. The molecular weight excluding hydrogens is 265 g/mol. The highest BCUT2D eigenvalue weighted by Crippen LogP contribution is 2.29. The van der Waals surface area contributed by atoms with E-state index in [4.69, 9.17) is 4.52 Å². The van der Waals surface area contributed by atoms with Crippen LogP contribution in [0, 0.1) is 29.8 Å². The summed E-state index contributed by atoms with van der Waals surface area (Å²) < 4.78 is 18.4. The predicted octanol–water partition coefficient (Wildman–Crippen LogP) is 2.98. The van der Waals surface area contributed by atoms with Crippen molar-refractivity contribution in [3.63, 3.8) is 0 Å². The van der Waals surface area contributed by atoms with E-state index >= 15 is 0 Å². The summed E-state index contributed by atoms with van der Waals surface area (Å²) in [6.45, 7) is 3.91. The van der Waals surface area contributed by atoms with Crippen LogP contribution < -0.4 is 4.90 Å². The number of halogens is 1. The summed E-state index contributed by atoms with van der Waals surface area (Å²) in [7, 11) is 1.66. The van der Waals surface area contributed by atoms with Gasteiger partial charge < -0.3 is 9.42 Å². The number of anilines is 1. The third kappa shape index (κ3) is 2.61. The lowest BCUT2D eigenvalue weighted by molar-refractivity contribution is -0.384. The Hall–Kier alpha value is -2.44. The third-order valence-electron chi connectivity index (χ3n) is 3.12. The number of benzene rings is 1. The number of nitro groups is 1. The zero-order valence-electron chi connectivity index (χ0n) is 11.4. The molecule has 0 amide bonds. The van der Waals surface area contributed by atoms with E-state index in [1.165, 1.54) is 0 Å². The summed E-state index contributed by atoms with van der Waals surface area (Å²) in [6, 6.07) is 3.39. The van der Waals surface area contributed by atoms with Crippen LogP contribution in [0.2, 0.25) is 0 Å². The van der Waals surface area contributed by atoms with E-state index in [9.17, 15) is 14.5 Å². The fraction of sp³-hybridized carbons (Fsp3) is 0.308. The van der Waals surface area contributed by atoms with Crippen LogP contribution in [0.5, 0.6) is 0 Å². The van der Waals surface area contributed by atoms with Crippen molar-refractivity contribution in [2.24, 2.45) is 0 Å². The molecular formula is C13H14FN3O3. The summed E-state index contributed by atoms with van der Waals surface area (Å²) in [5.41, 5.74) is 1.63. The second-order valence-corrected chi connectivity index (χ2v) is 4.55. The van der Waals surface area contributed by atoms with Crippen LogP contribution in [0.4, 0.5) is 15.8 Å². The first-order chi connectivity index (χ1) is 9.40. The Kier molecular flexibility index (Phi) is 3.69. The van der Waals surface area contributed by atoms with Crippen LogP contribution in [0.1, 0.15) is 17.0 Å². The van der Waals surface area contributed by atoms with Gasteiger partial charge in [-0.15, -0.1) is 0 Å². The molecule has 1 heterocycles. The Morgan fingerprint density at radius 3 is 2.70 bits per heavy atom. The summed E-state index contributed by atoms with van der Waals surface area (Å²) >= 11 is 0. The van der Waals surface area contributed by atoms with E-state index in [1.807, 2.05) is 0 Å². The highest BCUT2D eigenvalue weighted by Gasteiger charge is 2.20. The van der Waals surface area contributed by atoms with Gasteiger partial charge in [-0.05, 0) is 19.9 Å². The predicted molar refractivity (Wildman–Crippen MR) is 71.1 cm³/mol. The second-order valence-electron chi connectivity index (χ2n) is 4.55. The first-order valence-electron chi connectivity index (χ1n) is 5.97. The number of rotatable bonds is 4. The van der Waals surface area contributed by atoms with E-state index in [-0.39, 0.29) is 11.4 Å². The van der Waals surface area contributed by atoms with Crippen molar-refractivity contribution in [3.8, 4) is 0 Å². The van der Waals surface area contributed by atoms with Crippen molar-refractivity contribution in [2.45, 2.75) is 20.4 Å². The van der Waals surface area contributed by atoms with Crippen molar-refractivity contribution < 1.29 is 13.8 Å². The van der Waals surface area contributed by atoms with E-state index in [0.717, 1.165) is 23.8 Å². The molecule has 6 nitrogen and oxygen atoms in total. The molecule has 0 aliphatic heterocycles. The van der Waals surface area contributed by atoms with E-state index < -0.39 is 10.7 Å². The summed E-state index contributed by atoms with van der Waals surface area (Å²) in [4.78, 5) is 12.1. The Bertz CT molecular complexity index is 635. The molecule has 0 atom stereocenters. The lowest BCUT2D eigenvalue weighted by Gasteiger charge is -2.19. The minimum atomic E-state index is -0.529. The molecule has 0 unspecified atom stereocenters. The SMILES string of the molecule is Cc1noc(C)c1CN(C)c1cc(F)ccc1[N+](=O)[O-]. The van der Waals surface area contributed by atoms with Gasteiger partial charge in [0.05, 0.1) is 10.6 Å². The quantitative estimate of drug-likeness (QED) is 0.635. The Morgan fingerprint density at radius 1 is 1.45 bits per heavy atom. The average molecular weight is 279 g/mol. The van der Waals surface area contributed by atoms with Crippen LogP contribution in [0.15, 0.2) is 22.7 Å². The number of hydrogen-bond acceptors (Lipinski definition) is 5. The van der Waals surface area contributed by atoms with Gasteiger partial charge in [0.1, 0.15) is 17.3 Å². The molecule has 0 saturated carbocycles. The topological polar surface area (TPSA) is 72.4 Å². The van der Waals surface area contributed by atoms with Gasteiger partial charge in [0.25, 0.3) is 5.69 Å². The van der Waals surface area contributed by atoms with Crippen molar-refractivity contribution in [2.75, 3.05) is 11.9 Å². The van der Waals surface area contributed by atoms with Gasteiger partial charge in [-0.3, -0.25) is 10.1 Å². The molecule has 0 bridgehead atoms. The number of nitrogens with zero attached hydrogens (tertiary/aromatic N) is 3. The minimum absolute atomic E-state index is 0.138. The zero-order chi connectivity index (χ0) is 14.9. The molecule has 1 aromatic carbocycles. The number of aryl methyl sites for hydroxylation is 2. The summed E-state index contributed by atoms with van der Waals surface area (Å²) in [6.07, 6.45) is 0. The molecule has 2 rings (SSSR count). The Labute approximate surface area is 114 Å². The molecule has 20 heavy (non-hydrogen) atoms. The maximum absolute atomic E-state index is 13.3. The van der Waals surface area contributed by atoms with E-state index in [2.05, 4.69) is 5.16 Å². The fourth-order valence-electron chi connectivity index (χ4n) is 2.01. The third-order valence-corrected chi connectivity index (χ3v) is 3.12. The van der Waals surface area contributed by atoms with Crippen LogP contribution >= 0.6 is 0 Å². The van der Waals surface area contributed by atoms with Gasteiger partial charge in [0, 0.05) is 31.3 Å². The molecule has 0 spiro atoms. The smallest absolute Gasteiger partial charge is 0.292 e. The van der Waals surface area contributed by atoms with Crippen LogP contribution in [0.3, 0.4) is 0 Å². The van der Waals surface area contributed by atoms with Gasteiger partial charge in [0.2, 0.25) is 0 Å². The molecule has 2 aromatic rings. The number of aromatic nitrogens is 1.